The van der Waals surface area contributed by atoms with Gasteiger partial charge in [-0.25, -0.2) is 8.42 Å². The molecule has 0 heterocycles. The van der Waals surface area contributed by atoms with E-state index in [1.807, 2.05) is 6.92 Å². The lowest BCUT2D eigenvalue weighted by Gasteiger charge is -2.09. The molecule has 0 aliphatic rings. The summed E-state index contributed by atoms with van der Waals surface area (Å²) in [6.07, 6.45) is 0.157. The van der Waals surface area contributed by atoms with Gasteiger partial charge in [0.1, 0.15) is 0 Å². The van der Waals surface area contributed by atoms with Crippen LogP contribution in [0.4, 0.5) is 0 Å². The van der Waals surface area contributed by atoms with Gasteiger partial charge in [-0.1, -0.05) is 17.7 Å². The number of carbonyl (C=O) groups is 1. The second-order valence-corrected chi connectivity index (χ2v) is 5.70. The molecular formula is C11H16N2O3S. The van der Waals surface area contributed by atoms with Crippen molar-refractivity contribution >= 4 is 15.0 Å². The second-order valence-electron chi connectivity index (χ2n) is 3.82. The van der Waals surface area contributed by atoms with Crippen molar-refractivity contribution in [1.82, 2.24) is 0 Å². The van der Waals surface area contributed by atoms with Gasteiger partial charge in [-0.05, 0) is 32.0 Å². The second kappa shape index (κ2) is 5.39. The smallest absolute Gasteiger partial charge is 0.267 e. The highest BCUT2D eigenvalue weighted by Crippen LogP contribution is 2.14. The van der Waals surface area contributed by atoms with Crippen molar-refractivity contribution in [2.75, 3.05) is 6.54 Å². The van der Waals surface area contributed by atoms with Gasteiger partial charge in [0.05, 0.1) is 10.9 Å². The maximum absolute atomic E-state index is 11.9. The monoisotopic (exact) mass is 256 g/mol. The Bertz CT molecular complexity index is 494. The number of aryl methyl sites for hydroxylation is 1. The highest BCUT2D eigenvalue weighted by molar-refractivity contribution is 8.06. The van der Waals surface area contributed by atoms with E-state index in [1.54, 1.807) is 12.1 Å². The summed E-state index contributed by atoms with van der Waals surface area (Å²) >= 11 is 0. The van der Waals surface area contributed by atoms with Crippen LogP contribution in [0.15, 0.2) is 29.2 Å². The molecule has 17 heavy (non-hydrogen) atoms. The third-order valence-electron chi connectivity index (χ3n) is 2.38. The zero-order valence-electron chi connectivity index (χ0n) is 9.59. The van der Waals surface area contributed by atoms with E-state index in [0.29, 0.717) is 0 Å². The molecule has 1 aromatic rings. The molecule has 0 bridgehead atoms. The summed E-state index contributed by atoms with van der Waals surface area (Å²) in [5, 5.41) is -0.980. The van der Waals surface area contributed by atoms with Crippen LogP contribution in [-0.2, 0) is 14.6 Å². The van der Waals surface area contributed by atoms with Gasteiger partial charge in [-0.2, -0.15) is 0 Å². The first kappa shape index (κ1) is 13.8. The first-order valence-electron chi connectivity index (χ1n) is 5.21. The van der Waals surface area contributed by atoms with Gasteiger partial charge >= 0.3 is 0 Å². The van der Waals surface area contributed by atoms with Crippen LogP contribution in [0.2, 0.25) is 0 Å². The molecule has 94 valence electrons. The minimum Gasteiger partial charge on any atom is -0.330 e. The molecule has 0 saturated heterocycles. The van der Waals surface area contributed by atoms with E-state index >= 15 is 0 Å². The molecular weight excluding hydrogens is 240 g/mol. The van der Waals surface area contributed by atoms with Crippen LogP contribution in [0.5, 0.6) is 0 Å². The molecule has 0 amide bonds. The van der Waals surface area contributed by atoms with E-state index in [0.717, 1.165) is 5.56 Å². The van der Waals surface area contributed by atoms with Crippen molar-refractivity contribution in [2.45, 2.75) is 24.3 Å². The summed E-state index contributed by atoms with van der Waals surface area (Å²) in [6, 6.07) is 5.00. The highest BCUT2D eigenvalue weighted by Gasteiger charge is 2.29. The topological polar surface area (TPSA) is 103 Å². The van der Waals surface area contributed by atoms with Crippen molar-refractivity contribution in [1.29, 1.82) is 0 Å². The molecule has 6 heteroatoms. The van der Waals surface area contributed by atoms with Crippen molar-refractivity contribution in [2.24, 2.45) is 11.5 Å². The zero-order chi connectivity index (χ0) is 13.1. The lowest BCUT2D eigenvalue weighted by atomic mass is 10.2. The number of hydrogen-bond acceptors (Lipinski definition) is 5. The largest absolute Gasteiger partial charge is 0.330 e. The first-order chi connectivity index (χ1) is 7.89. The zero-order valence-corrected chi connectivity index (χ0v) is 10.4. The Morgan fingerprint density at radius 2 is 1.82 bits per heavy atom. The van der Waals surface area contributed by atoms with E-state index in [4.69, 9.17) is 11.5 Å². The van der Waals surface area contributed by atoms with Crippen LogP contribution in [0.25, 0.3) is 0 Å². The standard InChI is InChI=1S/C11H16N2O3S/c1-8-2-4-9(5-3-8)17(15,16)11(14)10(13)6-7-12/h2-5,10H,6-7,12-13H2,1H3/t10-/m0/s1. The Labute approximate surface area is 101 Å². The van der Waals surface area contributed by atoms with Crippen molar-refractivity contribution in [3.05, 3.63) is 29.8 Å². The normalized spacial score (nSPS) is 13.4. The van der Waals surface area contributed by atoms with Crippen LogP contribution < -0.4 is 11.5 Å². The van der Waals surface area contributed by atoms with Crippen LogP contribution in [0.3, 0.4) is 0 Å². The van der Waals surface area contributed by atoms with E-state index in [-0.39, 0.29) is 17.9 Å². The maximum Gasteiger partial charge on any atom is 0.267 e. The van der Waals surface area contributed by atoms with Gasteiger partial charge in [-0.3, -0.25) is 4.79 Å². The average molecular weight is 256 g/mol. The number of hydrogen-bond donors (Lipinski definition) is 2. The molecule has 0 saturated carbocycles. The molecule has 0 radical (unpaired) electrons. The van der Waals surface area contributed by atoms with Crippen molar-refractivity contribution < 1.29 is 13.2 Å². The van der Waals surface area contributed by atoms with Crippen molar-refractivity contribution in [3.8, 4) is 0 Å². The van der Waals surface area contributed by atoms with E-state index in [1.165, 1.54) is 12.1 Å². The van der Waals surface area contributed by atoms with Gasteiger partial charge in [0.15, 0.2) is 0 Å². The fraction of sp³-hybridized carbons (Fsp3) is 0.364. The molecule has 1 rings (SSSR count). The number of rotatable bonds is 4. The highest BCUT2D eigenvalue weighted by atomic mass is 32.2. The van der Waals surface area contributed by atoms with Crippen LogP contribution in [0, 0.1) is 6.92 Å². The summed E-state index contributed by atoms with van der Waals surface area (Å²) < 4.78 is 23.8. The number of sulfone groups is 1. The molecule has 5 nitrogen and oxygen atoms in total. The molecule has 0 aromatic heterocycles. The average Bonchev–Trinajstić information content (AvgIpc) is 2.29. The number of carbonyl (C=O) groups excluding carboxylic acids is 1. The fourth-order valence-corrected chi connectivity index (χ4v) is 2.57. The van der Waals surface area contributed by atoms with Gasteiger partial charge in [0.2, 0.25) is 9.84 Å². The molecule has 1 aromatic carbocycles. The molecule has 0 aliphatic heterocycles. The van der Waals surface area contributed by atoms with Crippen LogP contribution in [0.1, 0.15) is 12.0 Å². The predicted molar refractivity (Wildman–Crippen MR) is 65.0 cm³/mol. The molecule has 0 unspecified atom stereocenters. The van der Waals surface area contributed by atoms with Gasteiger partial charge < -0.3 is 11.5 Å². The minimum absolute atomic E-state index is 0.0272. The summed E-state index contributed by atoms with van der Waals surface area (Å²) in [7, 11) is -4.00. The molecule has 4 N–H and O–H groups in total. The Kier molecular flexibility index (Phi) is 4.39. The fourth-order valence-electron chi connectivity index (χ4n) is 1.33. The third kappa shape index (κ3) is 3.12. The summed E-state index contributed by atoms with van der Waals surface area (Å²) in [5.41, 5.74) is 11.6. The Balaban J connectivity index is 3.03. The van der Waals surface area contributed by atoms with E-state index < -0.39 is 21.0 Å². The minimum atomic E-state index is -4.00. The lowest BCUT2D eigenvalue weighted by molar-refractivity contribution is -0.113. The summed E-state index contributed by atoms with van der Waals surface area (Å²) in [5.74, 6) is 0. The van der Waals surface area contributed by atoms with Crippen LogP contribution >= 0.6 is 0 Å². The molecule has 0 spiro atoms. The molecule has 1 atom stereocenters. The SMILES string of the molecule is Cc1ccc(S(=O)(=O)C(=O)[C@@H](N)CCN)cc1. The lowest BCUT2D eigenvalue weighted by Crippen LogP contribution is -2.37. The Morgan fingerprint density at radius 1 is 1.29 bits per heavy atom. The molecule has 0 fully saturated rings. The van der Waals surface area contributed by atoms with E-state index in [2.05, 4.69) is 0 Å². The first-order valence-corrected chi connectivity index (χ1v) is 6.69. The Morgan fingerprint density at radius 3 is 2.29 bits per heavy atom. The maximum atomic E-state index is 11.9. The summed E-state index contributed by atoms with van der Waals surface area (Å²) in [6.45, 7) is 2.01. The predicted octanol–water partition coefficient (Wildman–Crippen LogP) is -0.0286. The number of nitrogens with two attached hydrogens (primary N) is 2. The summed E-state index contributed by atoms with van der Waals surface area (Å²) in [4.78, 5) is 11.6. The van der Waals surface area contributed by atoms with Crippen molar-refractivity contribution in [3.63, 3.8) is 0 Å². The van der Waals surface area contributed by atoms with Crippen LogP contribution in [-0.4, -0.2) is 26.1 Å². The van der Waals surface area contributed by atoms with E-state index in [9.17, 15) is 13.2 Å². The Hall–Kier alpha value is -1.24. The quantitative estimate of drug-likeness (QED) is 0.787. The molecule has 0 aliphatic carbocycles. The third-order valence-corrected chi connectivity index (χ3v) is 4.10. The number of benzene rings is 1. The van der Waals surface area contributed by atoms with Gasteiger partial charge in [0, 0.05) is 0 Å². The van der Waals surface area contributed by atoms with Gasteiger partial charge in [-0.15, -0.1) is 0 Å². The van der Waals surface area contributed by atoms with Gasteiger partial charge in [0.25, 0.3) is 5.12 Å².